The number of carbonyl (C=O) groups excluding carboxylic acids is 3. The third kappa shape index (κ3) is 6.83. The maximum absolute atomic E-state index is 12.8. The Hall–Kier alpha value is -3.81. The maximum Gasteiger partial charge on any atom is 0.272 e. The Balaban J connectivity index is 1.70. The molecule has 33 heavy (non-hydrogen) atoms. The first-order chi connectivity index (χ1) is 15.8. The molecule has 3 N–H and O–H groups in total. The lowest BCUT2D eigenvalue weighted by atomic mass is 10.1. The second-order valence-electron chi connectivity index (χ2n) is 8.32. The van der Waals surface area contributed by atoms with Crippen molar-refractivity contribution in [3.8, 4) is 0 Å². The summed E-state index contributed by atoms with van der Waals surface area (Å²) in [5.41, 5.74) is 2.86. The predicted octanol–water partition coefficient (Wildman–Crippen LogP) is 2.63. The van der Waals surface area contributed by atoms with Crippen LogP contribution in [0, 0.1) is 12.8 Å². The van der Waals surface area contributed by atoms with E-state index >= 15 is 0 Å². The van der Waals surface area contributed by atoms with Crippen LogP contribution in [0.15, 0.2) is 54.7 Å². The summed E-state index contributed by atoms with van der Waals surface area (Å²) in [6, 6.07) is 13.3. The SMILES string of the molecule is Cc1ccc(C(=O)NC[C@H](NC(=O)c2cnc3ccccc3n2)C(=O)NCCC(C)C)cc1. The number of amides is 3. The van der Waals surface area contributed by atoms with Crippen LogP contribution in [0.5, 0.6) is 0 Å². The van der Waals surface area contributed by atoms with Gasteiger partial charge in [-0.05, 0) is 43.5 Å². The summed E-state index contributed by atoms with van der Waals surface area (Å²) in [7, 11) is 0. The van der Waals surface area contributed by atoms with Crippen molar-refractivity contribution in [3.05, 3.63) is 71.5 Å². The topological polar surface area (TPSA) is 113 Å². The van der Waals surface area contributed by atoms with E-state index in [1.54, 1.807) is 24.3 Å². The molecule has 2 aromatic carbocycles. The molecule has 1 atom stereocenters. The van der Waals surface area contributed by atoms with Gasteiger partial charge in [-0.2, -0.15) is 0 Å². The van der Waals surface area contributed by atoms with Gasteiger partial charge in [0.25, 0.3) is 11.8 Å². The Morgan fingerprint density at radius 2 is 1.61 bits per heavy atom. The van der Waals surface area contributed by atoms with E-state index in [4.69, 9.17) is 0 Å². The van der Waals surface area contributed by atoms with Crippen LogP contribution < -0.4 is 16.0 Å². The zero-order chi connectivity index (χ0) is 23.8. The molecule has 3 amide bonds. The molecule has 0 aliphatic heterocycles. The van der Waals surface area contributed by atoms with Crippen molar-refractivity contribution in [2.75, 3.05) is 13.1 Å². The third-order valence-electron chi connectivity index (χ3n) is 5.10. The largest absolute Gasteiger partial charge is 0.354 e. The second-order valence-corrected chi connectivity index (χ2v) is 8.32. The summed E-state index contributed by atoms with van der Waals surface area (Å²) >= 11 is 0. The number of hydrogen-bond acceptors (Lipinski definition) is 5. The van der Waals surface area contributed by atoms with E-state index in [2.05, 4.69) is 39.8 Å². The van der Waals surface area contributed by atoms with Gasteiger partial charge in [0.15, 0.2) is 0 Å². The van der Waals surface area contributed by atoms with Crippen molar-refractivity contribution in [1.82, 2.24) is 25.9 Å². The lowest BCUT2D eigenvalue weighted by molar-refractivity contribution is -0.122. The molecule has 0 spiro atoms. The summed E-state index contributed by atoms with van der Waals surface area (Å²) in [5.74, 6) is -0.814. The highest BCUT2D eigenvalue weighted by Gasteiger charge is 2.23. The van der Waals surface area contributed by atoms with Gasteiger partial charge in [-0.1, -0.05) is 43.7 Å². The first kappa shape index (κ1) is 23.8. The normalized spacial score (nSPS) is 11.8. The zero-order valence-corrected chi connectivity index (χ0v) is 19.1. The average molecular weight is 448 g/mol. The summed E-state index contributed by atoms with van der Waals surface area (Å²) in [6.07, 6.45) is 2.18. The number of rotatable bonds is 9. The highest BCUT2D eigenvalue weighted by Crippen LogP contribution is 2.09. The minimum Gasteiger partial charge on any atom is -0.354 e. The third-order valence-corrected chi connectivity index (χ3v) is 5.10. The van der Waals surface area contributed by atoms with Crippen LogP contribution in [-0.2, 0) is 4.79 Å². The molecule has 0 bridgehead atoms. The summed E-state index contributed by atoms with van der Waals surface area (Å²) in [5, 5.41) is 8.25. The van der Waals surface area contributed by atoms with Crippen LogP contribution in [-0.4, -0.2) is 46.8 Å². The van der Waals surface area contributed by atoms with Crippen LogP contribution in [0.3, 0.4) is 0 Å². The first-order valence-corrected chi connectivity index (χ1v) is 11.0. The van der Waals surface area contributed by atoms with Crippen LogP contribution >= 0.6 is 0 Å². The van der Waals surface area contributed by atoms with Gasteiger partial charge in [0, 0.05) is 18.7 Å². The summed E-state index contributed by atoms with van der Waals surface area (Å²) in [6.45, 7) is 6.47. The van der Waals surface area contributed by atoms with Gasteiger partial charge in [0.2, 0.25) is 5.91 Å². The van der Waals surface area contributed by atoms with Crippen molar-refractivity contribution in [2.24, 2.45) is 5.92 Å². The number of nitrogens with zero attached hydrogens (tertiary/aromatic N) is 2. The standard InChI is InChI=1S/C25H29N5O3/c1-16(2)12-13-26-24(32)21(15-28-23(31)18-10-8-17(3)9-11-18)30-25(33)22-14-27-19-6-4-5-7-20(19)29-22/h4-11,14,16,21H,12-13,15H2,1-3H3,(H,26,32)(H,28,31)(H,30,33)/t21-/m0/s1. The van der Waals surface area contributed by atoms with Crippen LogP contribution in [0.1, 0.15) is 46.7 Å². The van der Waals surface area contributed by atoms with Crippen molar-refractivity contribution in [3.63, 3.8) is 0 Å². The minimum absolute atomic E-state index is 0.0625. The predicted molar refractivity (Wildman–Crippen MR) is 127 cm³/mol. The van der Waals surface area contributed by atoms with Crippen molar-refractivity contribution < 1.29 is 14.4 Å². The molecule has 3 aromatic rings. The molecule has 0 aliphatic carbocycles. The molecule has 0 radical (unpaired) electrons. The molecule has 1 aromatic heterocycles. The molecule has 8 heteroatoms. The Morgan fingerprint density at radius 3 is 2.30 bits per heavy atom. The Bertz CT molecular complexity index is 1130. The van der Waals surface area contributed by atoms with Crippen LogP contribution in [0.4, 0.5) is 0 Å². The zero-order valence-electron chi connectivity index (χ0n) is 19.1. The average Bonchev–Trinajstić information content (AvgIpc) is 2.81. The fourth-order valence-electron chi connectivity index (χ4n) is 3.12. The van der Waals surface area contributed by atoms with Gasteiger partial charge in [-0.25, -0.2) is 4.98 Å². The Morgan fingerprint density at radius 1 is 0.909 bits per heavy atom. The van der Waals surface area contributed by atoms with Crippen molar-refractivity contribution in [1.29, 1.82) is 0 Å². The lowest BCUT2D eigenvalue weighted by Gasteiger charge is -2.19. The first-order valence-electron chi connectivity index (χ1n) is 11.0. The van der Waals surface area contributed by atoms with E-state index in [9.17, 15) is 14.4 Å². The molecule has 0 unspecified atom stereocenters. The number of benzene rings is 2. The molecule has 172 valence electrons. The van der Waals surface area contributed by atoms with Crippen LogP contribution in [0.25, 0.3) is 11.0 Å². The smallest absolute Gasteiger partial charge is 0.272 e. The Kier molecular flexibility index (Phi) is 8.07. The van der Waals surface area contributed by atoms with Gasteiger partial charge in [-0.3, -0.25) is 19.4 Å². The highest BCUT2D eigenvalue weighted by atomic mass is 16.2. The number of nitrogens with one attached hydrogen (secondary N) is 3. The summed E-state index contributed by atoms with van der Waals surface area (Å²) in [4.78, 5) is 46.7. The molecule has 0 saturated carbocycles. The fourth-order valence-corrected chi connectivity index (χ4v) is 3.12. The maximum atomic E-state index is 12.8. The highest BCUT2D eigenvalue weighted by molar-refractivity contribution is 5.98. The second kappa shape index (κ2) is 11.2. The van der Waals surface area contributed by atoms with Crippen LogP contribution in [0.2, 0.25) is 0 Å². The van der Waals surface area contributed by atoms with Gasteiger partial charge in [-0.15, -0.1) is 0 Å². The molecule has 8 nitrogen and oxygen atoms in total. The molecule has 0 saturated heterocycles. The number of hydrogen-bond donors (Lipinski definition) is 3. The molecule has 3 rings (SSSR count). The number of para-hydroxylation sites is 2. The van der Waals surface area contributed by atoms with E-state index in [-0.39, 0.29) is 24.1 Å². The molecular formula is C25H29N5O3. The summed E-state index contributed by atoms with van der Waals surface area (Å²) < 4.78 is 0. The molecule has 0 aliphatic rings. The number of aromatic nitrogens is 2. The van der Waals surface area contributed by atoms with Crippen molar-refractivity contribution in [2.45, 2.75) is 33.2 Å². The number of aryl methyl sites for hydroxylation is 1. The minimum atomic E-state index is -0.965. The van der Waals surface area contributed by atoms with E-state index in [1.165, 1.54) is 6.20 Å². The van der Waals surface area contributed by atoms with Gasteiger partial charge < -0.3 is 16.0 Å². The molecular weight excluding hydrogens is 418 g/mol. The van der Waals surface area contributed by atoms with E-state index in [0.717, 1.165) is 12.0 Å². The van der Waals surface area contributed by atoms with E-state index in [0.29, 0.717) is 29.1 Å². The van der Waals surface area contributed by atoms with E-state index < -0.39 is 11.9 Å². The quantitative estimate of drug-likeness (QED) is 0.467. The Labute approximate surface area is 193 Å². The molecule has 1 heterocycles. The lowest BCUT2D eigenvalue weighted by Crippen LogP contribution is -2.53. The van der Waals surface area contributed by atoms with Crippen molar-refractivity contribution >= 4 is 28.8 Å². The number of fused-ring (bicyclic) bond motifs is 1. The van der Waals surface area contributed by atoms with Gasteiger partial charge >= 0.3 is 0 Å². The van der Waals surface area contributed by atoms with Gasteiger partial charge in [0.05, 0.1) is 17.2 Å². The fraction of sp³-hybridized carbons (Fsp3) is 0.320. The monoisotopic (exact) mass is 447 g/mol. The number of carbonyl (C=O) groups is 3. The van der Waals surface area contributed by atoms with Gasteiger partial charge in [0.1, 0.15) is 11.7 Å². The molecule has 0 fully saturated rings. The van der Waals surface area contributed by atoms with E-state index in [1.807, 2.05) is 31.2 Å².